The van der Waals surface area contributed by atoms with Crippen LogP contribution in [0.25, 0.3) is 0 Å². The number of phenolic OH excluding ortho intramolecular Hbond substituents is 1. The van der Waals surface area contributed by atoms with E-state index in [1.165, 1.54) is 6.07 Å². The molecule has 3 aromatic rings. The molecule has 0 spiro atoms. The van der Waals surface area contributed by atoms with Gasteiger partial charge in [-0.2, -0.15) is 0 Å². The number of hydrogen-bond acceptors (Lipinski definition) is 4. The summed E-state index contributed by atoms with van der Waals surface area (Å²) in [5.74, 6) is -2.41. The van der Waals surface area contributed by atoms with Gasteiger partial charge in [-0.1, -0.05) is 60.7 Å². The first-order valence-electron chi connectivity index (χ1n) is 7.69. The highest BCUT2D eigenvalue weighted by Gasteiger charge is 2.46. The number of aromatic carboxylic acids is 1. The second-order valence-corrected chi connectivity index (χ2v) is 5.68. The van der Waals surface area contributed by atoms with Gasteiger partial charge in [-0.15, -0.1) is 0 Å². The molecule has 124 valence electrons. The lowest BCUT2D eigenvalue weighted by molar-refractivity contribution is -0.0467. The predicted molar refractivity (Wildman–Crippen MR) is 90.0 cm³/mol. The summed E-state index contributed by atoms with van der Waals surface area (Å²) in [6, 6.07) is 21.1. The number of carboxylic acids is 1. The molecule has 25 heavy (non-hydrogen) atoms. The number of ether oxygens (including phenoxy) is 2. The zero-order chi connectivity index (χ0) is 17.4. The third-order valence-corrected chi connectivity index (χ3v) is 4.09. The van der Waals surface area contributed by atoms with Crippen molar-refractivity contribution in [1.29, 1.82) is 0 Å². The lowest BCUT2D eigenvalue weighted by Gasteiger charge is -2.28. The highest BCUT2D eigenvalue weighted by molar-refractivity contribution is 5.89. The fourth-order valence-corrected chi connectivity index (χ4v) is 2.93. The van der Waals surface area contributed by atoms with Gasteiger partial charge in [0.1, 0.15) is 0 Å². The molecule has 0 aromatic heterocycles. The number of fused-ring (bicyclic) bond motifs is 1. The Kier molecular flexibility index (Phi) is 3.35. The van der Waals surface area contributed by atoms with E-state index in [-0.39, 0.29) is 22.8 Å². The molecule has 0 unspecified atom stereocenters. The van der Waals surface area contributed by atoms with Crippen molar-refractivity contribution < 1.29 is 24.5 Å². The first-order chi connectivity index (χ1) is 12.1. The molecule has 0 atom stereocenters. The van der Waals surface area contributed by atoms with Gasteiger partial charge in [0.15, 0.2) is 11.5 Å². The number of carbonyl (C=O) groups is 1. The van der Waals surface area contributed by atoms with Crippen molar-refractivity contribution in [2.75, 3.05) is 0 Å². The first-order valence-corrected chi connectivity index (χ1v) is 7.69. The van der Waals surface area contributed by atoms with Crippen LogP contribution in [0.3, 0.4) is 0 Å². The van der Waals surface area contributed by atoms with Gasteiger partial charge in [0.25, 0.3) is 0 Å². The van der Waals surface area contributed by atoms with Gasteiger partial charge < -0.3 is 19.7 Å². The number of hydrogen-bond donors (Lipinski definition) is 2. The minimum Gasteiger partial charge on any atom is -0.504 e. The maximum atomic E-state index is 11.2. The van der Waals surface area contributed by atoms with Gasteiger partial charge in [0.05, 0.1) is 5.56 Å². The first kappa shape index (κ1) is 15.1. The Morgan fingerprint density at radius 3 is 1.92 bits per heavy atom. The molecule has 1 heterocycles. The van der Waals surface area contributed by atoms with E-state index in [4.69, 9.17) is 9.47 Å². The number of rotatable bonds is 3. The molecule has 0 saturated carbocycles. The molecule has 5 nitrogen and oxygen atoms in total. The zero-order valence-electron chi connectivity index (χ0n) is 13.0. The van der Waals surface area contributed by atoms with E-state index in [2.05, 4.69) is 0 Å². The molecule has 0 radical (unpaired) electrons. The molecule has 4 rings (SSSR count). The summed E-state index contributed by atoms with van der Waals surface area (Å²) in [4.78, 5) is 11.2. The lowest BCUT2D eigenvalue weighted by atomic mass is 9.97. The van der Waals surface area contributed by atoms with Crippen molar-refractivity contribution in [3.05, 3.63) is 89.5 Å². The Balaban J connectivity index is 1.90. The second kappa shape index (κ2) is 5.56. The molecule has 0 bridgehead atoms. The van der Waals surface area contributed by atoms with E-state index >= 15 is 0 Å². The second-order valence-electron chi connectivity index (χ2n) is 5.68. The Hall–Kier alpha value is -3.47. The van der Waals surface area contributed by atoms with Gasteiger partial charge in [-0.25, -0.2) is 4.79 Å². The minimum atomic E-state index is -1.29. The van der Waals surface area contributed by atoms with Gasteiger partial charge in [-0.05, 0) is 12.1 Å². The van der Waals surface area contributed by atoms with Crippen LogP contribution in [0.15, 0.2) is 72.8 Å². The van der Waals surface area contributed by atoms with Crippen LogP contribution < -0.4 is 9.47 Å². The van der Waals surface area contributed by atoms with Crippen LogP contribution in [0, 0.1) is 0 Å². The number of aromatic hydroxyl groups is 1. The van der Waals surface area contributed by atoms with Crippen LogP contribution >= 0.6 is 0 Å². The Labute approximate surface area is 143 Å². The van der Waals surface area contributed by atoms with E-state index in [0.29, 0.717) is 0 Å². The quantitative estimate of drug-likeness (QED) is 0.763. The number of carboxylic acid groups (broad SMARTS) is 1. The van der Waals surface area contributed by atoms with Crippen molar-refractivity contribution >= 4 is 5.97 Å². The normalized spacial score (nSPS) is 14.2. The van der Waals surface area contributed by atoms with Crippen molar-refractivity contribution in [3.8, 4) is 17.2 Å². The van der Waals surface area contributed by atoms with Crippen LogP contribution in [0.5, 0.6) is 17.2 Å². The minimum absolute atomic E-state index is 0.0724. The zero-order valence-corrected chi connectivity index (χ0v) is 13.0. The topological polar surface area (TPSA) is 76.0 Å². The summed E-state index contributed by atoms with van der Waals surface area (Å²) in [6.45, 7) is 0. The molecule has 0 saturated heterocycles. The Morgan fingerprint density at radius 1 is 0.840 bits per heavy atom. The molecule has 0 fully saturated rings. The molecule has 5 heteroatoms. The van der Waals surface area contributed by atoms with Crippen molar-refractivity contribution in [1.82, 2.24) is 0 Å². The average molecular weight is 334 g/mol. The molecule has 0 amide bonds. The molecule has 2 N–H and O–H groups in total. The lowest BCUT2D eigenvalue weighted by Crippen LogP contribution is -2.36. The van der Waals surface area contributed by atoms with Gasteiger partial charge in [0, 0.05) is 11.1 Å². The van der Waals surface area contributed by atoms with Crippen molar-refractivity contribution in [2.45, 2.75) is 5.79 Å². The van der Waals surface area contributed by atoms with E-state index in [0.717, 1.165) is 17.2 Å². The number of benzene rings is 3. The molecule has 0 aliphatic carbocycles. The predicted octanol–water partition coefficient (Wildman–Crippen LogP) is 3.76. The summed E-state index contributed by atoms with van der Waals surface area (Å²) in [6.07, 6.45) is 0. The van der Waals surface area contributed by atoms with Crippen molar-refractivity contribution in [3.63, 3.8) is 0 Å². The average Bonchev–Trinajstić information content (AvgIpc) is 3.05. The molecule has 1 aliphatic heterocycles. The molecular formula is C20H14O5. The Bertz CT molecular complexity index is 896. The largest absolute Gasteiger partial charge is 0.504 e. The molecule has 1 aliphatic rings. The van der Waals surface area contributed by atoms with Gasteiger partial charge in [-0.3, -0.25) is 0 Å². The van der Waals surface area contributed by atoms with E-state index in [9.17, 15) is 15.0 Å². The third-order valence-electron chi connectivity index (χ3n) is 4.09. The van der Waals surface area contributed by atoms with E-state index < -0.39 is 11.8 Å². The third kappa shape index (κ3) is 2.37. The smallest absolute Gasteiger partial charge is 0.335 e. The summed E-state index contributed by atoms with van der Waals surface area (Å²) < 4.78 is 12.2. The Morgan fingerprint density at radius 2 is 1.40 bits per heavy atom. The standard InChI is InChI=1S/C20H14O5/c21-16-11-13(19(22)23)12-17-18(16)25-20(24-17,14-7-3-1-4-8-14)15-9-5-2-6-10-15/h1-12,21H,(H,22,23). The van der Waals surface area contributed by atoms with E-state index in [1.54, 1.807) is 0 Å². The maximum absolute atomic E-state index is 11.2. The van der Waals surface area contributed by atoms with Crippen LogP contribution in [0.1, 0.15) is 21.5 Å². The highest BCUT2D eigenvalue weighted by atomic mass is 16.7. The monoisotopic (exact) mass is 334 g/mol. The van der Waals surface area contributed by atoms with Crippen LogP contribution in [-0.4, -0.2) is 16.2 Å². The SMILES string of the molecule is O=C(O)c1cc(O)c2c(c1)OC(c1ccccc1)(c1ccccc1)O2. The summed E-state index contributed by atoms with van der Waals surface area (Å²) in [7, 11) is 0. The summed E-state index contributed by atoms with van der Waals surface area (Å²) in [5.41, 5.74) is 1.39. The summed E-state index contributed by atoms with van der Waals surface area (Å²) in [5, 5.41) is 19.4. The fourth-order valence-electron chi connectivity index (χ4n) is 2.93. The van der Waals surface area contributed by atoms with E-state index in [1.807, 2.05) is 60.7 Å². The number of phenols is 1. The van der Waals surface area contributed by atoms with Gasteiger partial charge in [0.2, 0.25) is 5.75 Å². The fraction of sp³-hybridized carbons (Fsp3) is 0.0500. The van der Waals surface area contributed by atoms with Crippen LogP contribution in [0.4, 0.5) is 0 Å². The highest BCUT2D eigenvalue weighted by Crippen LogP contribution is 2.52. The maximum Gasteiger partial charge on any atom is 0.335 e. The van der Waals surface area contributed by atoms with Gasteiger partial charge >= 0.3 is 11.8 Å². The van der Waals surface area contributed by atoms with Crippen molar-refractivity contribution in [2.24, 2.45) is 0 Å². The molecule has 3 aromatic carbocycles. The van der Waals surface area contributed by atoms with Crippen LogP contribution in [-0.2, 0) is 5.79 Å². The molecular weight excluding hydrogens is 320 g/mol. The summed E-state index contributed by atoms with van der Waals surface area (Å²) >= 11 is 0. The van der Waals surface area contributed by atoms with Crippen LogP contribution in [0.2, 0.25) is 0 Å².